The third kappa shape index (κ3) is 6.82. The van der Waals surface area contributed by atoms with Crippen molar-refractivity contribution in [1.82, 2.24) is 5.32 Å². The van der Waals surface area contributed by atoms with Crippen LogP contribution in [0.15, 0.2) is 41.6 Å². The lowest BCUT2D eigenvalue weighted by Gasteiger charge is -2.15. The summed E-state index contributed by atoms with van der Waals surface area (Å²) in [6, 6.07) is 14.0. The number of aryl methyl sites for hydroxylation is 1. The number of nitrogens with zero attached hydrogens (tertiary/aromatic N) is 2. The lowest BCUT2D eigenvalue weighted by Crippen LogP contribution is -2.29. The van der Waals surface area contributed by atoms with Gasteiger partial charge in [0.2, 0.25) is 0 Å². The fraction of sp³-hybridized carbons (Fsp3) is 0.444. The van der Waals surface area contributed by atoms with Gasteiger partial charge < -0.3 is 19.6 Å². The minimum atomic E-state index is -0.232. The Morgan fingerprint density at radius 3 is 2.68 bits per heavy atom. The van der Waals surface area contributed by atoms with Gasteiger partial charge in [-0.15, -0.1) is 0 Å². The zero-order valence-electron chi connectivity index (χ0n) is 20.6. The van der Waals surface area contributed by atoms with Crippen LogP contribution in [0.2, 0.25) is 0 Å². The molecule has 2 aromatic carbocycles. The van der Waals surface area contributed by atoms with Crippen LogP contribution in [-0.4, -0.2) is 30.4 Å². The van der Waals surface area contributed by atoms with E-state index in [0.717, 1.165) is 29.7 Å². The first kappa shape index (κ1) is 25.3. The van der Waals surface area contributed by atoms with Crippen LogP contribution in [0.5, 0.6) is 5.75 Å². The van der Waals surface area contributed by atoms with Crippen LogP contribution in [0.1, 0.15) is 74.9 Å². The molecule has 1 aliphatic carbocycles. The summed E-state index contributed by atoms with van der Waals surface area (Å²) >= 11 is 0. The number of carbonyl (C=O) groups excluding carboxylic acids is 1. The first-order chi connectivity index (χ1) is 16.3. The van der Waals surface area contributed by atoms with Gasteiger partial charge in [-0.05, 0) is 87.9 Å². The number of fused-ring (bicyclic) bond motifs is 1. The molecule has 1 N–H and O–H groups in total. The summed E-state index contributed by atoms with van der Waals surface area (Å²) in [5.41, 5.74) is 5.57. The van der Waals surface area contributed by atoms with Crippen molar-refractivity contribution in [2.24, 2.45) is 5.16 Å². The second-order valence-electron chi connectivity index (χ2n) is 8.98. The zero-order valence-corrected chi connectivity index (χ0v) is 20.6. The maximum atomic E-state index is 11.8. The van der Waals surface area contributed by atoms with Crippen LogP contribution >= 0.6 is 0 Å². The number of rotatable bonds is 10. The lowest BCUT2D eigenvalue weighted by molar-refractivity contribution is -0.146. The van der Waals surface area contributed by atoms with Crippen molar-refractivity contribution >= 4 is 11.7 Å². The van der Waals surface area contributed by atoms with Crippen LogP contribution in [0.4, 0.5) is 0 Å². The molecule has 2 aromatic rings. The molecule has 34 heavy (non-hydrogen) atoms. The molecule has 0 fully saturated rings. The van der Waals surface area contributed by atoms with E-state index in [4.69, 9.17) is 14.3 Å². The van der Waals surface area contributed by atoms with Crippen molar-refractivity contribution < 1.29 is 19.1 Å². The SMILES string of the molecule is C/C(=N\OCc1ccc(OC(C)C)c(C#N)c1)c1ccc2c(c1)CCC2NCC(=O)OC(C)C. The topological polar surface area (TPSA) is 92.9 Å². The van der Waals surface area contributed by atoms with Crippen LogP contribution in [0, 0.1) is 11.3 Å². The molecule has 7 heteroatoms. The minimum absolute atomic E-state index is 0.00112. The smallest absolute Gasteiger partial charge is 0.320 e. The van der Waals surface area contributed by atoms with Gasteiger partial charge in [-0.25, -0.2) is 0 Å². The number of nitrogens with one attached hydrogen (secondary N) is 1. The first-order valence-electron chi connectivity index (χ1n) is 11.7. The van der Waals surface area contributed by atoms with Crippen molar-refractivity contribution in [3.8, 4) is 11.8 Å². The summed E-state index contributed by atoms with van der Waals surface area (Å²) < 4.78 is 10.9. The monoisotopic (exact) mass is 463 g/mol. The molecule has 0 spiro atoms. The third-order valence-corrected chi connectivity index (χ3v) is 5.46. The van der Waals surface area contributed by atoms with E-state index in [1.54, 1.807) is 12.1 Å². The van der Waals surface area contributed by atoms with Crippen LogP contribution < -0.4 is 10.1 Å². The van der Waals surface area contributed by atoms with Crippen LogP contribution in [0.3, 0.4) is 0 Å². The Balaban J connectivity index is 1.58. The number of esters is 1. The molecule has 7 nitrogen and oxygen atoms in total. The van der Waals surface area contributed by atoms with Gasteiger partial charge in [-0.3, -0.25) is 4.79 Å². The number of ether oxygens (including phenoxy) is 2. The zero-order chi connectivity index (χ0) is 24.7. The molecular weight excluding hydrogens is 430 g/mol. The highest BCUT2D eigenvalue weighted by Crippen LogP contribution is 2.32. The highest BCUT2D eigenvalue weighted by Gasteiger charge is 2.23. The van der Waals surface area contributed by atoms with E-state index in [1.807, 2.05) is 46.8 Å². The highest BCUT2D eigenvalue weighted by atomic mass is 16.6. The summed E-state index contributed by atoms with van der Waals surface area (Å²) in [7, 11) is 0. The van der Waals surface area contributed by atoms with Gasteiger partial charge in [0.25, 0.3) is 0 Å². The van der Waals surface area contributed by atoms with Crippen molar-refractivity contribution in [2.45, 2.75) is 72.3 Å². The van der Waals surface area contributed by atoms with Gasteiger partial charge >= 0.3 is 5.97 Å². The predicted octanol–water partition coefficient (Wildman–Crippen LogP) is 4.81. The van der Waals surface area contributed by atoms with E-state index in [1.165, 1.54) is 11.1 Å². The van der Waals surface area contributed by atoms with E-state index in [9.17, 15) is 10.1 Å². The second kappa shape index (κ2) is 11.7. The fourth-order valence-electron chi connectivity index (χ4n) is 3.93. The van der Waals surface area contributed by atoms with Crippen LogP contribution in [-0.2, 0) is 27.4 Å². The molecule has 0 heterocycles. The second-order valence-corrected chi connectivity index (χ2v) is 8.98. The van der Waals surface area contributed by atoms with Gasteiger partial charge in [0.05, 0.1) is 30.0 Å². The fourth-order valence-corrected chi connectivity index (χ4v) is 3.93. The van der Waals surface area contributed by atoms with Crippen molar-refractivity contribution in [3.63, 3.8) is 0 Å². The molecule has 0 saturated carbocycles. The molecule has 1 aliphatic rings. The highest BCUT2D eigenvalue weighted by molar-refractivity contribution is 5.98. The van der Waals surface area contributed by atoms with Gasteiger partial charge in [-0.1, -0.05) is 23.4 Å². The van der Waals surface area contributed by atoms with E-state index >= 15 is 0 Å². The maximum absolute atomic E-state index is 11.8. The van der Waals surface area contributed by atoms with Crippen molar-refractivity contribution in [2.75, 3.05) is 6.54 Å². The average Bonchev–Trinajstić information content (AvgIpc) is 3.20. The number of hydrogen-bond donors (Lipinski definition) is 1. The predicted molar refractivity (Wildman–Crippen MR) is 131 cm³/mol. The summed E-state index contributed by atoms with van der Waals surface area (Å²) in [6.07, 6.45) is 1.78. The molecule has 0 aromatic heterocycles. The Bertz CT molecular complexity index is 1090. The maximum Gasteiger partial charge on any atom is 0.320 e. The molecule has 1 atom stereocenters. The molecule has 0 radical (unpaired) electrons. The van der Waals surface area contributed by atoms with Crippen LogP contribution in [0.25, 0.3) is 0 Å². The van der Waals surface area contributed by atoms with Gasteiger partial charge in [-0.2, -0.15) is 5.26 Å². The molecule has 0 saturated heterocycles. The van der Waals surface area contributed by atoms with E-state index in [0.29, 0.717) is 11.3 Å². The number of oxime groups is 1. The first-order valence-corrected chi connectivity index (χ1v) is 11.7. The molecule has 0 aliphatic heterocycles. The number of benzene rings is 2. The minimum Gasteiger partial charge on any atom is -0.490 e. The normalized spacial score (nSPS) is 15.2. The summed E-state index contributed by atoms with van der Waals surface area (Å²) in [5.74, 6) is 0.341. The lowest BCUT2D eigenvalue weighted by atomic mass is 10.0. The molecule has 180 valence electrons. The Kier molecular flexibility index (Phi) is 8.67. The number of hydrogen-bond acceptors (Lipinski definition) is 7. The Hall–Kier alpha value is -3.37. The third-order valence-electron chi connectivity index (χ3n) is 5.46. The summed E-state index contributed by atoms with van der Waals surface area (Å²) in [6.45, 7) is 9.92. The van der Waals surface area contributed by atoms with E-state index in [-0.39, 0.29) is 37.4 Å². The molecule has 0 bridgehead atoms. The molecule has 3 rings (SSSR count). The van der Waals surface area contributed by atoms with Gasteiger partial charge in [0.15, 0.2) is 0 Å². The van der Waals surface area contributed by atoms with E-state index < -0.39 is 0 Å². The Labute approximate surface area is 201 Å². The summed E-state index contributed by atoms with van der Waals surface area (Å²) in [4.78, 5) is 17.4. The number of carbonyl (C=O) groups is 1. The van der Waals surface area contributed by atoms with E-state index in [2.05, 4.69) is 28.7 Å². The Morgan fingerprint density at radius 1 is 1.18 bits per heavy atom. The quantitative estimate of drug-likeness (QED) is 0.309. The van der Waals surface area contributed by atoms with Gasteiger partial charge in [0.1, 0.15) is 18.4 Å². The van der Waals surface area contributed by atoms with Gasteiger partial charge in [0, 0.05) is 6.04 Å². The van der Waals surface area contributed by atoms with Crippen molar-refractivity contribution in [1.29, 1.82) is 5.26 Å². The standard InChI is InChI=1S/C27H33N3O4/c1-17(2)33-26-11-6-20(12-23(26)14-28)16-32-30-19(5)21-7-9-24-22(13-21)8-10-25(24)29-15-27(31)34-18(3)4/h6-7,9,11-13,17-18,25,29H,8,10,15-16H2,1-5H3/b30-19+. The average molecular weight is 464 g/mol. The van der Waals surface area contributed by atoms with Crippen molar-refractivity contribution in [3.05, 3.63) is 64.2 Å². The Morgan fingerprint density at radius 2 is 1.97 bits per heavy atom. The summed E-state index contributed by atoms with van der Waals surface area (Å²) in [5, 5.41) is 17.0. The molecule has 0 amide bonds. The molecule has 1 unspecified atom stereocenters. The largest absolute Gasteiger partial charge is 0.490 e. The number of nitriles is 1. The molecular formula is C27H33N3O4.